The normalized spacial score (nSPS) is 10.5. The smallest absolute Gasteiger partial charge is 0.270 e. The van der Waals surface area contributed by atoms with Crippen molar-refractivity contribution in [3.05, 3.63) is 37.3 Å². The molecule has 0 saturated carbocycles. The molecule has 0 aliphatic carbocycles. The van der Waals surface area contributed by atoms with Crippen molar-refractivity contribution in [2.24, 2.45) is 0 Å². The van der Waals surface area contributed by atoms with Crippen molar-refractivity contribution in [3.63, 3.8) is 0 Å². The van der Waals surface area contributed by atoms with Crippen molar-refractivity contribution >= 4 is 26.7 Å². The molecular weight excluding hydrogens is 264 g/mol. The van der Waals surface area contributed by atoms with Crippen LogP contribution < -0.4 is 15.9 Å². The van der Waals surface area contributed by atoms with Crippen molar-refractivity contribution in [2.75, 3.05) is 7.11 Å². The van der Waals surface area contributed by atoms with E-state index in [1.54, 1.807) is 6.07 Å². The van der Waals surface area contributed by atoms with E-state index in [9.17, 15) is 9.59 Å². The van der Waals surface area contributed by atoms with Crippen LogP contribution in [0.4, 0.5) is 0 Å². The van der Waals surface area contributed by atoms with Crippen LogP contribution >= 0.6 is 15.9 Å². The minimum absolute atomic E-state index is 0.304. The van der Waals surface area contributed by atoms with Gasteiger partial charge in [0.1, 0.15) is 5.75 Å². The number of halogens is 1. The molecule has 0 atom stereocenters. The van der Waals surface area contributed by atoms with Crippen LogP contribution in [0, 0.1) is 0 Å². The van der Waals surface area contributed by atoms with Gasteiger partial charge >= 0.3 is 0 Å². The summed E-state index contributed by atoms with van der Waals surface area (Å²) in [6.07, 6.45) is 0. The van der Waals surface area contributed by atoms with Gasteiger partial charge in [0, 0.05) is 0 Å². The third-order valence-corrected chi connectivity index (χ3v) is 2.69. The van der Waals surface area contributed by atoms with Crippen LogP contribution in [-0.2, 0) is 0 Å². The number of H-pyrrole nitrogens is 2. The van der Waals surface area contributed by atoms with Gasteiger partial charge in [-0.15, -0.1) is 0 Å². The summed E-state index contributed by atoms with van der Waals surface area (Å²) in [5.74, 6) is 0.513. The quantitative estimate of drug-likeness (QED) is 0.812. The Hall–Kier alpha value is -1.56. The van der Waals surface area contributed by atoms with Gasteiger partial charge in [0.25, 0.3) is 11.1 Å². The van der Waals surface area contributed by atoms with E-state index in [4.69, 9.17) is 4.74 Å². The topological polar surface area (TPSA) is 75.0 Å². The SMILES string of the molecule is COc1cc2c(=O)[nH][nH]c(=O)c2cc1Br. The Kier molecular flexibility index (Phi) is 2.36. The number of ether oxygens (including phenoxy) is 1. The van der Waals surface area contributed by atoms with E-state index < -0.39 is 0 Å². The lowest BCUT2D eigenvalue weighted by Crippen LogP contribution is -2.18. The average Bonchev–Trinajstić information content (AvgIpc) is 2.23. The Bertz CT molecular complexity index is 629. The number of nitrogens with one attached hydrogen (secondary N) is 2. The first-order valence-corrected chi connectivity index (χ1v) is 4.91. The monoisotopic (exact) mass is 270 g/mol. The molecule has 78 valence electrons. The Morgan fingerprint density at radius 3 is 2.20 bits per heavy atom. The summed E-state index contributed by atoms with van der Waals surface area (Å²) < 4.78 is 5.67. The van der Waals surface area contributed by atoms with Gasteiger partial charge in [0.2, 0.25) is 0 Å². The lowest BCUT2D eigenvalue weighted by atomic mass is 10.2. The third-order valence-electron chi connectivity index (χ3n) is 2.07. The molecule has 0 saturated heterocycles. The lowest BCUT2D eigenvalue weighted by molar-refractivity contribution is 0.413. The number of fused-ring (bicyclic) bond motifs is 1. The Balaban J connectivity index is 2.99. The molecule has 0 bridgehead atoms. The molecule has 2 rings (SSSR count). The second kappa shape index (κ2) is 3.54. The van der Waals surface area contributed by atoms with Crippen LogP contribution in [0.25, 0.3) is 10.8 Å². The fourth-order valence-corrected chi connectivity index (χ4v) is 1.84. The van der Waals surface area contributed by atoms with E-state index in [1.807, 2.05) is 0 Å². The van der Waals surface area contributed by atoms with Gasteiger partial charge in [-0.2, -0.15) is 0 Å². The summed E-state index contributed by atoms with van der Waals surface area (Å²) in [5.41, 5.74) is -0.691. The van der Waals surface area contributed by atoms with E-state index in [0.29, 0.717) is 21.0 Å². The number of benzene rings is 1. The molecule has 0 amide bonds. The summed E-state index contributed by atoms with van der Waals surface area (Å²) in [6.45, 7) is 0. The molecule has 1 aromatic carbocycles. The van der Waals surface area contributed by atoms with Crippen LogP contribution in [0.1, 0.15) is 0 Å². The Labute approximate surface area is 92.2 Å². The number of rotatable bonds is 1. The van der Waals surface area contributed by atoms with Crippen molar-refractivity contribution in [1.82, 2.24) is 10.2 Å². The Morgan fingerprint density at radius 1 is 1.13 bits per heavy atom. The predicted molar refractivity (Wildman–Crippen MR) is 59.4 cm³/mol. The highest BCUT2D eigenvalue weighted by Crippen LogP contribution is 2.27. The molecule has 6 heteroatoms. The van der Waals surface area contributed by atoms with Crippen molar-refractivity contribution in [1.29, 1.82) is 0 Å². The minimum atomic E-state index is -0.351. The first-order chi connectivity index (χ1) is 7.13. The number of aromatic amines is 2. The van der Waals surface area contributed by atoms with Crippen LogP contribution in [0.15, 0.2) is 26.2 Å². The number of hydrogen-bond acceptors (Lipinski definition) is 3. The van der Waals surface area contributed by atoms with E-state index in [-0.39, 0.29) is 11.1 Å². The summed E-state index contributed by atoms with van der Waals surface area (Å²) in [5, 5.41) is 5.13. The molecule has 0 fully saturated rings. The van der Waals surface area contributed by atoms with Gasteiger partial charge in [-0.05, 0) is 28.1 Å². The summed E-state index contributed by atoms with van der Waals surface area (Å²) >= 11 is 3.25. The van der Waals surface area contributed by atoms with Gasteiger partial charge in [-0.3, -0.25) is 19.8 Å². The maximum Gasteiger partial charge on any atom is 0.270 e. The molecule has 1 aromatic heterocycles. The fourth-order valence-electron chi connectivity index (χ4n) is 1.33. The highest BCUT2D eigenvalue weighted by atomic mass is 79.9. The second-order valence-corrected chi connectivity index (χ2v) is 3.79. The predicted octanol–water partition coefficient (Wildman–Crippen LogP) is 0.987. The van der Waals surface area contributed by atoms with Gasteiger partial charge < -0.3 is 4.74 Å². The van der Waals surface area contributed by atoms with Crippen LogP contribution in [0.3, 0.4) is 0 Å². The molecule has 15 heavy (non-hydrogen) atoms. The molecule has 1 heterocycles. The summed E-state index contributed by atoms with van der Waals surface area (Å²) in [7, 11) is 1.49. The third kappa shape index (κ3) is 1.56. The zero-order valence-corrected chi connectivity index (χ0v) is 9.34. The van der Waals surface area contributed by atoms with E-state index in [1.165, 1.54) is 13.2 Å². The fraction of sp³-hybridized carbons (Fsp3) is 0.111. The first-order valence-electron chi connectivity index (χ1n) is 4.11. The number of aromatic nitrogens is 2. The van der Waals surface area contributed by atoms with Crippen LogP contribution in [-0.4, -0.2) is 17.3 Å². The maximum absolute atomic E-state index is 11.4. The minimum Gasteiger partial charge on any atom is -0.496 e. The zero-order chi connectivity index (χ0) is 11.0. The number of hydrogen-bond donors (Lipinski definition) is 2. The average molecular weight is 271 g/mol. The second-order valence-electron chi connectivity index (χ2n) is 2.94. The van der Waals surface area contributed by atoms with Gasteiger partial charge in [-0.1, -0.05) is 0 Å². The van der Waals surface area contributed by atoms with Crippen molar-refractivity contribution in [2.45, 2.75) is 0 Å². The molecular formula is C9H7BrN2O3. The van der Waals surface area contributed by atoms with Crippen LogP contribution in [0.5, 0.6) is 5.75 Å². The number of methoxy groups -OCH3 is 1. The maximum atomic E-state index is 11.4. The molecule has 2 N–H and O–H groups in total. The van der Waals surface area contributed by atoms with Crippen molar-refractivity contribution in [3.8, 4) is 5.75 Å². The molecule has 0 radical (unpaired) electrons. The first kappa shape index (κ1) is 9.97. The largest absolute Gasteiger partial charge is 0.496 e. The molecule has 2 aromatic rings. The van der Waals surface area contributed by atoms with Gasteiger partial charge in [-0.25, -0.2) is 0 Å². The molecule has 0 spiro atoms. The standard InChI is InChI=1S/C9H7BrN2O3/c1-15-7-3-5-4(2-6(7)10)8(13)11-12-9(5)14/h2-3H,1H3,(H,11,13)(H,12,14). The highest BCUT2D eigenvalue weighted by Gasteiger charge is 2.08. The van der Waals surface area contributed by atoms with Gasteiger partial charge in [0.15, 0.2) is 0 Å². The van der Waals surface area contributed by atoms with E-state index in [0.717, 1.165) is 0 Å². The molecule has 0 aliphatic heterocycles. The van der Waals surface area contributed by atoms with Gasteiger partial charge in [0.05, 0.1) is 22.4 Å². The highest BCUT2D eigenvalue weighted by molar-refractivity contribution is 9.10. The summed E-state index contributed by atoms with van der Waals surface area (Å²) in [4.78, 5) is 22.8. The molecule has 5 nitrogen and oxygen atoms in total. The summed E-state index contributed by atoms with van der Waals surface area (Å²) in [6, 6.07) is 3.08. The van der Waals surface area contributed by atoms with Crippen LogP contribution in [0.2, 0.25) is 0 Å². The Morgan fingerprint density at radius 2 is 1.67 bits per heavy atom. The molecule has 0 unspecified atom stereocenters. The van der Waals surface area contributed by atoms with Crippen molar-refractivity contribution < 1.29 is 4.74 Å². The lowest BCUT2D eigenvalue weighted by Gasteiger charge is -2.03. The zero-order valence-electron chi connectivity index (χ0n) is 7.76. The van der Waals surface area contributed by atoms with E-state index in [2.05, 4.69) is 26.1 Å². The van der Waals surface area contributed by atoms with E-state index >= 15 is 0 Å². The molecule has 0 aliphatic rings.